The van der Waals surface area contributed by atoms with Crippen LogP contribution in [0.5, 0.6) is 0 Å². The minimum Gasteiger partial charge on any atom is -0.480 e. The third-order valence-corrected chi connectivity index (χ3v) is 2.68. The number of nitrogens with one attached hydrogen (secondary N) is 2. The van der Waals surface area contributed by atoms with E-state index in [4.69, 9.17) is 10.2 Å². The second-order valence-electron chi connectivity index (χ2n) is 4.61. The van der Waals surface area contributed by atoms with Gasteiger partial charge in [0, 0.05) is 12.1 Å². The molecule has 4 N–H and O–H groups in total. The third-order valence-electron chi connectivity index (χ3n) is 2.68. The molecule has 0 saturated heterocycles. The van der Waals surface area contributed by atoms with Gasteiger partial charge in [-0.2, -0.15) is 0 Å². The number of aliphatic hydroxyl groups excluding tert-OH is 1. The van der Waals surface area contributed by atoms with E-state index in [0.29, 0.717) is 6.54 Å². The van der Waals surface area contributed by atoms with E-state index in [1.165, 1.54) is 0 Å². The lowest BCUT2D eigenvalue weighted by molar-refractivity contribution is -0.140. The average Bonchev–Trinajstić information content (AvgIpc) is 2.22. The molecule has 2 amide bonds. The minimum atomic E-state index is -1.28. The number of urea groups is 1. The Labute approximate surface area is 101 Å². The van der Waals surface area contributed by atoms with Crippen molar-refractivity contribution >= 4 is 12.0 Å². The first kappa shape index (κ1) is 15.7. The van der Waals surface area contributed by atoms with Crippen LogP contribution in [0.3, 0.4) is 0 Å². The van der Waals surface area contributed by atoms with E-state index in [2.05, 4.69) is 10.6 Å². The molecule has 0 aromatic heterocycles. The molecule has 0 aromatic rings. The van der Waals surface area contributed by atoms with Crippen molar-refractivity contribution in [1.82, 2.24) is 15.5 Å². The van der Waals surface area contributed by atoms with Gasteiger partial charge in [-0.15, -0.1) is 0 Å². The van der Waals surface area contributed by atoms with Gasteiger partial charge in [-0.3, -0.25) is 0 Å². The number of aliphatic hydroxyl groups is 1. The molecule has 0 unspecified atom stereocenters. The summed E-state index contributed by atoms with van der Waals surface area (Å²) in [5.41, 5.74) is -0.241. The van der Waals surface area contributed by atoms with Crippen molar-refractivity contribution in [2.24, 2.45) is 0 Å². The van der Waals surface area contributed by atoms with Gasteiger partial charge < -0.3 is 25.7 Å². The van der Waals surface area contributed by atoms with E-state index < -0.39 is 24.6 Å². The van der Waals surface area contributed by atoms with E-state index in [9.17, 15) is 9.59 Å². The first-order valence-electron chi connectivity index (χ1n) is 5.26. The number of hydrogen-bond acceptors (Lipinski definition) is 4. The van der Waals surface area contributed by atoms with Crippen molar-refractivity contribution in [2.45, 2.75) is 25.4 Å². The average molecular weight is 247 g/mol. The molecule has 0 aliphatic heterocycles. The predicted octanol–water partition coefficient (Wildman–Crippen LogP) is -0.929. The molecule has 7 heteroatoms. The summed E-state index contributed by atoms with van der Waals surface area (Å²) in [7, 11) is 3.76. The zero-order valence-electron chi connectivity index (χ0n) is 10.6. The van der Waals surface area contributed by atoms with Gasteiger partial charge in [0.15, 0.2) is 6.04 Å². The van der Waals surface area contributed by atoms with Gasteiger partial charge in [0.05, 0.1) is 6.61 Å². The quantitative estimate of drug-likeness (QED) is 0.486. The third kappa shape index (κ3) is 5.50. The summed E-state index contributed by atoms with van der Waals surface area (Å²) in [5, 5.41) is 22.1. The molecule has 0 radical (unpaired) electrons. The van der Waals surface area contributed by atoms with Crippen LogP contribution in [-0.4, -0.2) is 65.9 Å². The Morgan fingerprint density at radius 2 is 1.88 bits per heavy atom. The Morgan fingerprint density at radius 3 is 2.24 bits per heavy atom. The zero-order valence-corrected chi connectivity index (χ0v) is 10.6. The van der Waals surface area contributed by atoms with Gasteiger partial charge >= 0.3 is 12.0 Å². The highest BCUT2D eigenvalue weighted by atomic mass is 16.4. The van der Waals surface area contributed by atoms with Crippen molar-refractivity contribution < 1.29 is 19.8 Å². The van der Waals surface area contributed by atoms with Crippen LogP contribution in [0.2, 0.25) is 0 Å². The second kappa shape index (κ2) is 6.41. The van der Waals surface area contributed by atoms with Gasteiger partial charge in [0.25, 0.3) is 0 Å². The lowest BCUT2D eigenvalue weighted by Crippen LogP contribution is -2.53. The summed E-state index contributed by atoms with van der Waals surface area (Å²) in [6, 6.07) is -1.89. The Morgan fingerprint density at radius 1 is 1.35 bits per heavy atom. The Kier molecular flexibility index (Phi) is 5.90. The molecule has 0 bridgehead atoms. The topological polar surface area (TPSA) is 102 Å². The lowest BCUT2D eigenvalue weighted by atomic mass is 10.0. The molecule has 0 heterocycles. The molecule has 100 valence electrons. The van der Waals surface area contributed by atoms with Crippen molar-refractivity contribution in [3.63, 3.8) is 0 Å². The molecule has 0 saturated carbocycles. The number of amides is 2. The number of hydrogen-bond donors (Lipinski definition) is 4. The smallest absolute Gasteiger partial charge is 0.328 e. The monoisotopic (exact) mass is 247 g/mol. The summed E-state index contributed by atoms with van der Waals surface area (Å²) in [6.07, 6.45) is 0. The molecular weight excluding hydrogens is 226 g/mol. The number of aliphatic carboxylic acids is 1. The number of carboxylic acid groups (broad SMARTS) is 1. The summed E-state index contributed by atoms with van der Waals surface area (Å²) in [5.74, 6) is -1.27. The highest BCUT2D eigenvalue weighted by molar-refractivity contribution is 5.82. The first-order chi connectivity index (χ1) is 7.70. The highest BCUT2D eigenvalue weighted by Gasteiger charge is 2.23. The Bertz CT molecular complexity index is 279. The van der Waals surface area contributed by atoms with Gasteiger partial charge in [-0.25, -0.2) is 9.59 Å². The lowest BCUT2D eigenvalue weighted by Gasteiger charge is -2.32. The number of nitrogens with zero attached hydrogens (tertiary/aromatic N) is 1. The predicted molar refractivity (Wildman–Crippen MR) is 62.8 cm³/mol. The molecule has 0 aromatic carbocycles. The molecule has 1 atom stereocenters. The van der Waals surface area contributed by atoms with Crippen molar-refractivity contribution in [1.29, 1.82) is 0 Å². The number of likely N-dealkylation sites (N-methyl/N-ethyl adjacent to an activating group) is 1. The van der Waals surface area contributed by atoms with Crippen LogP contribution in [0.25, 0.3) is 0 Å². The fourth-order valence-corrected chi connectivity index (χ4v) is 0.849. The maximum absolute atomic E-state index is 11.4. The van der Waals surface area contributed by atoms with Crippen molar-refractivity contribution in [2.75, 3.05) is 27.2 Å². The van der Waals surface area contributed by atoms with Gasteiger partial charge in [0.1, 0.15) is 0 Å². The summed E-state index contributed by atoms with van der Waals surface area (Å²) < 4.78 is 0. The summed E-state index contributed by atoms with van der Waals surface area (Å²) in [6.45, 7) is 3.60. The first-order valence-corrected chi connectivity index (χ1v) is 5.26. The van der Waals surface area contributed by atoms with E-state index in [0.717, 1.165) is 0 Å². The van der Waals surface area contributed by atoms with Gasteiger partial charge in [0.2, 0.25) is 0 Å². The molecule has 0 spiro atoms. The van der Waals surface area contributed by atoms with Crippen LogP contribution in [0.4, 0.5) is 4.79 Å². The van der Waals surface area contributed by atoms with Crippen LogP contribution in [0.15, 0.2) is 0 Å². The summed E-state index contributed by atoms with van der Waals surface area (Å²) >= 11 is 0. The Hall–Kier alpha value is -1.34. The largest absolute Gasteiger partial charge is 0.480 e. The summed E-state index contributed by atoms with van der Waals surface area (Å²) in [4.78, 5) is 23.9. The fourth-order valence-electron chi connectivity index (χ4n) is 0.849. The molecule has 7 nitrogen and oxygen atoms in total. The van der Waals surface area contributed by atoms with Crippen LogP contribution in [0, 0.1) is 0 Å². The van der Waals surface area contributed by atoms with Crippen LogP contribution < -0.4 is 10.6 Å². The van der Waals surface area contributed by atoms with Gasteiger partial charge in [-0.05, 0) is 27.9 Å². The van der Waals surface area contributed by atoms with E-state index in [1.807, 2.05) is 32.8 Å². The van der Waals surface area contributed by atoms with Crippen LogP contribution >= 0.6 is 0 Å². The van der Waals surface area contributed by atoms with Gasteiger partial charge in [-0.1, -0.05) is 0 Å². The maximum atomic E-state index is 11.4. The zero-order chi connectivity index (χ0) is 13.6. The number of carboxylic acids is 1. The van der Waals surface area contributed by atoms with Crippen LogP contribution in [0.1, 0.15) is 13.8 Å². The standard InChI is InChI=1S/C10H21N3O4/c1-10(2,13(3)4)6-11-9(17)12-7(5-14)8(15)16/h7,14H,5-6H2,1-4H3,(H,15,16)(H2,11,12,17)/t7-/m1/s1. The molecule has 0 aliphatic carbocycles. The number of carbonyl (C=O) groups is 2. The van der Waals surface area contributed by atoms with Crippen molar-refractivity contribution in [3.8, 4) is 0 Å². The Balaban J connectivity index is 4.16. The molecule has 17 heavy (non-hydrogen) atoms. The van der Waals surface area contributed by atoms with Crippen molar-refractivity contribution in [3.05, 3.63) is 0 Å². The highest BCUT2D eigenvalue weighted by Crippen LogP contribution is 2.07. The number of carbonyl (C=O) groups excluding carboxylic acids is 1. The fraction of sp³-hybridized carbons (Fsp3) is 0.800. The van der Waals surface area contributed by atoms with E-state index in [1.54, 1.807) is 0 Å². The van der Waals surface area contributed by atoms with E-state index >= 15 is 0 Å². The normalized spacial score (nSPS) is 13.3. The van der Waals surface area contributed by atoms with Crippen LogP contribution in [-0.2, 0) is 4.79 Å². The molecule has 0 aliphatic rings. The molecule has 0 fully saturated rings. The molecular formula is C10H21N3O4. The molecule has 0 rings (SSSR count). The second-order valence-corrected chi connectivity index (χ2v) is 4.61. The number of rotatable bonds is 6. The van der Waals surface area contributed by atoms with E-state index in [-0.39, 0.29) is 5.54 Å². The maximum Gasteiger partial charge on any atom is 0.328 e. The minimum absolute atomic E-state index is 0.241. The SMILES string of the molecule is CN(C)C(C)(C)CNC(=O)N[C@H](CO)C(=O)O.